The molecule has 0 heterocycles. The molecule has 0 spiro atoms. The average molecular weight is 290 g/mol. The number of Topliss-reactive ketones (excluding diaryl/α,β-unsaturated/α-hetero) is 1. The van der Waals surface area contributed by atoms with Crippen molar-refractivity contribution in [3.63, 3.8) is 0 Å². The molecule has 0 amide bonds. The van der Waals surface area contributed by atoms with Crippen molar-refractivity contribution in [3.05, 3.63) is 65.2 Å². The Hall–Kier alpha value is -2.23. The van der Waals surface area contributed by atoms with Crippen LogP contribution in [0.25, 0.3) is 0 Å². The number of carbonyl (C=O) groups is 1. The number of ether oxygens (including phenoxy) is 1. The zero-order valence-corrected chi connectivity index (χ0v) is 11.9. The first-order valence-electron chi connectivity index (χ1n) is 6.68. The molecule has 0 atom stereocenters. The lowest BCUT2D eigenvalue weighted by atomic mass is 10.0. The van der Waals surface area contributed by atoms with Crippen molar-refractivity contribution in [3.8, 4) is 5.75 Å². The largest absolute Gasteiger partial charge is 0.486 e. The zero-order chi connectivity index (χ0) is 15.4. The Kier molecular flexibility index (Phi) is 4.68. The average Bonchev–Trinajstić information content (AvgIpc) is 2.46. The van der Waals surface area contributed by atoms with Crippen LogP contribution in [0.1, 0.15) is 29.8 Å². The highest BCUT2D eigenvalue weighted by Crippen LogP contribution is 2.21. The van der Waals surface area contributed by atoms with Gasteiger partial charge in [0.2, 0.25) is 0 Å². The molecule has 21 heavy (non-hydrogen) atoms. The van der Waals surface area contributed by atoms with E-state index in [0.29, 0.717) is 5.56 Å². The van der Waals surface area contributed by atoms with Crippen molar-refractivity contribution in [2.24, 2.45) is 5.92 Å². The summed E-state index contributed by atoms with van der Waals surface area (Å²) < 4.78 is 32.0. The number of hydrogen-bond acceptors (Lipinski definition) is 2. The third-order valence-corrected chi connectivity index (χ3v) is 3.05. The summed E-state index contributed by atoms with van der Waals surface area (Å²) in [6.07, 6.45) is 0. The number of rotatable bonds is 5. The van der Waals surface area contributed by atoms with Gasteiger partial charge in [0.25, 0.3) is 0 Å². The van der Waals surface area contributed by atoms with Crippen molar-refractivity contribution in [2.75, 3.05) is 0 Å². The number of ketones is 1. The fourth-order valence-corrected chi connectivity index (χ4v) is 1.85. The molecule has 4 heteroatoms. The van der Waals surface area contributed by atoms with Gasteiger partial charge in [0.1, 0.15) is 12.4 Å². The molecule has 0 N–H and O–H groups in total. The first-order chi connectivity index (χ1) is 9.97. The molecule has 0 aliphatic carbocycles. The molecule has 0 saturated carbocycles. The summed E-state index contributed by atoms with van der Waals surface area (Å²) in [5.41, 5.74) is 1.06. The van der Waals surface area contributed by atoms with Gasteiger partial charge in [-0.15, -0.1) is 0 Å². The van der Waals surface area contributed by atoms with Crippen molar-refractivity contribution in [1.29, 1.82) is 0 Å². The van der Waals surface area contributed by atoms with E-state index < -0.39 is 5.82 Å². The number of carbonyl (C=O) groups excluding carboxylic acids is 1. The Balaban J connectivity index is 2.07. The summed E-state index contributed by atoms with van der Waals surface area (Å²) >= 11 is 0. The number of halogens is 2. The smallest absolute Gasteiger partial charge is 0.165 e. The molecule has 110 valence electrons. The zero-order valence-electron chi connectivity index (χ0n) is 11.9. The minimum absolute atomic E-state index is 0.0691. The lowest BCUT2D eigenvalue weighted by Crippen LogP contribution is -2.08. The highest BCUT2D eigenvalue weighted by molar-refractivity contribution is 5.97. The van der Waals surface area contributed by atoms with Gasteiger partial charge in [-0.25, -0.2) is 8.78 Å². The minimum Gasteiger partial charge on any atom is -0.486 e. The predicted octanol–water partition coefficient (Wildman–Crippen LogP) is 4.38. The van der Waals surface area contributed by atoms with Crippen LogP contribution in [-0.4, -0.2) is 5.78 Å². The lowest BCUT2D eigenvalue weighted by molar-refractivity contribution is 0.0939. The highest BCUT2D eigenvalue weighted by Gasteiger charge is 2.13. The van der Waals surface area contributed by atoms with Crippen LogP contribution in [0, 0.1) is 17.6 Å². The van der Waals surface area contributed by atoms with Crippen LogP contribution in [0.2, 0.25) is 0 Å². The van der Waals surface area contributed by atoms with Crippen molar-refractivity contribution >= 4 is 5.78 Å². The topological polar surface area (TPSA) is 26.3 Å². The first-order valence-corrected chi connectivity index (χ1v) is 6.68. The fourth-order valence-electron chi connectivity index (χ4n) is 1.85. The van der Waals surface area contributed by atoms with E-state index in [1.165, 1.54) is 24.3 Å². The van der Waals surface area contributed by atoms with E-state index in [9.17, 15) is 13.6 Å². The van der Waals surface area contributed by atoms with E-state index in [2.05, 4.69) is 0 Å². The minimum atomic E-state index is -0.580. The van der Waals surface area contributed by atoms with Crippen molar-refractivity contribution in [1.82, 2.24) is 0 Å². The second kappa shape index (κ2) is 6.48. The van der Waals surface area contributed by atoms with Gasteiger partial charge in [0, 0.05) is 11.5 Å². The standard InChI is InChI=1S/C17H16F2O2/c1-11(2)17(20)13-5-8-16(15(19)9-13)21-10-12-3-6-14(18)7-4-12/h3-9,11H,10H2,1-2H3. The molecule has 0 bridgehead atoms. The molecular weight excluding hydrogens is 274 g/mol. The van der Waals surface area contributed by atoms with Crippen LogP contribution in [0.4, 0.5) is 8.78 Å². The van der Waals surface area contributed by atoms with Gasteiger partial charge in [0.05, 0.1) is 0 Å². The van der Waals surface area contributed by atoms with Crippen LogP contribution in [0.3, 0.4) is 0 Å². The van der Waals surface area contributed by atoms with E-state index in [0.717, 1.165) is 5.56 Å². The van der Waals surface area contributed by atoms with Crippen molar-refractivity contribution in [2.45, 2.75) is 20.5 Å². The Bertz CT molecular complexity index is 634. The van der Waals surface area contributed by atoms with Crippen LogP contribution >= 0.6 is 0 Å². The molecule has 0 saturated heterocycles. The molecular formula is C17H16F2O2. The van der Waals surface area contributed by atoms with Gasteiger partial charge in [-0.05, 0) is 35.9 Å². The summed E-state index contributed by atoms with van der Waals surface area (Å²) in [7, 11) is 0. The van der Waals surface area contributed by atoms with Crippen LogP contribution < -0.4 is 4.74 Å². The van der Waals surface area contributed by atoms with Crippen LogP contribution in [0.15, 0.2) is 42.5 Å². The molecule has 0 aliphatic heterocycles. The molecule has 0 aromatic heterocycles. The van der Waals surface area contributed by atoms with E-state index in [1.807, 2.05) is 0 Å². The second-order valence-corrected chi connectivity index (χ2v) is 5.08. The van der Waals surface area contributed by atoms with E-state index in [-0.39, 0.29) is 29.9 Å². The normalized spacial score (nSPS) is 10.7. The summed E-state index contributed by atoms with van der Waals surface area (Å²) in [5.74, 6) is -1.14. The third-order valence-electron chi connectivity index (χ3n) is 3.05. The van der Waals surface area contributed by atoms with E-state index >= 15 is 0 Å². The maximum atomic E-state index is 13.9. The summed E-state index contributed by atoms with van der Waals surface area (Å²) in [6.45, 7) is 3.66. The Labute approximate surface area is 122 Å². The van der Waals surface area contributed by atoms with Crippen LogP contribution in [0.5, 0.6) is 5.75 Å². The lowest BCUT2D eigenvalue weighted by Gasteiger charge is -2.09. The SMILES string of the molecule is CC(C)C(=O)c1ccc(OCc2ccc(F)cc2)c(F)c1. The van der Waals surface area contributed by atoms with Gasteiger partial charge in [-0.1, -0.05) is 26.0 Å². The Morgan fingerprint density at radius 3 is 2.33 bits per heavy atom. The monoisotopic (exact) mass is 290 g/mol. The molecule has 0 radical (unpaired) electrons. The quantitative estimate of drug-likeness (QED) is 0.764. The van der Waals surface area contributed by atoms with Gasteiger partial charge >= 0.3 is 0 Å². The van der Waals surface area contributed by atoms with Gasteiger partial charge in [0.15, 0.2) is 17.3 Å². The van der Waals surface area contributed by atoms with Gasteiger partial charge in [-0.2, -0.15) is 0 Å². The van der Waals surface area contributed by atoms with E-state index in [1.54, 1.807) is 32.0 Å². The molecule has 0 fully saturated rings. The third kappa shape index (κ3) is 3.88. The summed E-state index contributed by atoms with van der Waals surface area (Å²) in [5, 5.41) is 0. The van der Waals surface area contributed by atoms with E-state index in [4.69, 9.17) is 4.74 Å². The Morgan fingerprint density at radius 2 is 1.76 bits per heavy atom. The maximum Gasteiger partial charge on any atom is 0.165 e. The number of hydrogen-bond donors (Lipinski definition) is 0. The molecule has 0 aliphatic rings. The molecule has 2 nitrogen and oxygen atoms in total. The molecule has 2 rings (SSSR count). The maximum absolute atomic E-state index is 13.9. The predicted molar refractivity (Wildman–Crippen MR) is 76.3 cm³/mol. The second-order valence-electron chi connectivity index (χ2n) is 5.08. The van der Waals surface area contributed by atoms with Crippen molar-refractivity contribution < 1.29 is 18.3 Å². The Morgan fingerprint density at radius 1 is 1.10 bits per heavy atom. The number of benzene rings is 2. The highest BCUT2D eigenvalue weighted by atomic mass is 19.1. The summed E-state index contributed by atoms with van der Waals surface area (Å²) in [4.78, 5) is 11.8. The van der Waals surface area contributed by atoms with Crippen LogP contribution in [-0.2, 0) is 6.61 Å². The molecule has 2 aromatic carbocycles. The summed E-state index contributed by atoms with van der Waals surface area (Å²) in [6, 6.07) is 9.95. The first kappa shape index (κ1) is 15.2. The molecule has 0 unspecified atom stereocenters. The van der Waals surface area contributed by atoms with Gasteiger partial charge in [-0.3, -0.25) is 4.79 Å². The fraction of sp³-hybridized carbons (Fsp3) is 0.235. The molecule has 2 aromatic rings. The van der Waals surface area contributed by atoms with Gasteiger partial charge < -0.3 is 4.74 Å².